The zero-order valence-corrected chi connectivity index (χ0v) is 11.1. The smallest absolute Gasteiger partial charge is 0.288 e. The van der Waals surface area contributed by atoms with Gasteiger partial charge in [-0.25, -0.2) is 4.98 Å². The van der Waals surface area contributed by atoms with Gasteiger partial charge in [-0.1, -0.05) is 13.3 Å². The van der Waals surface area contributed by atoms with Gasteiger partial charge in [0.05, 0.1) is 9.40 Å². The van der Waals surface area contributed by atoms with Crippen molar-refractivity contribution in [1.82, 2.24) is 4.98 Å². The largest absolute Gasteiger partial charge is 0.366 e. The normalized spacial score (nSPS) is 22.2. The highest BCUT2D eigenvalue weighted by Crippen LogP contribution is 2.38. The molecule has 1 aliphatic rings. The first-order valence-corrected chi connectivity index (χ1v) is 6.47. The summed E-state index contributed by atoms with van der Waals surface area (Å²) >= 11 is 3.30. The number of rotatable bonds is 5. The van der Waals surface area contributed by atoms with Gasteiger partial charge in [0.2, 0.25) is 0 Å². The van der Waals surface area contributed by atoms with Crippen molar-refractivity contribution in [2.24, 2.45) is 5.92 Å². The average Bonchev–Trinajstić information content (AvgIpc) is 3.00. The van der Waals surface area contributed by atoms with Gasteiger partial charge < -0.3 is 5.32 Å². The standard InChI is InChI=1S/C11H14BrN3O2/c1-2-3-7-4-10(7)14-11-9(12)5-8(6-13-11)15(16)17/h5-7,10H,2-4H2,1H3,(H,13,14). The predicted molar refractivity (Wildman–Crippen MR) is 69.0 cm³/mol. The first-order valence-electron chi connectivity index (χ1n) is 5.68. The molecule has 0 aromatic carbocycles. The molecule has 92 valence electrons. The Morgan fingerprint density at radius 1 is 1.71 bits per heavy atom. The Morgan fingerprint density at radius 3 is 3.06 bits per heavy atom. The third-order valence-corrected chi connectivity index (χ3v) is 3.55. The highest BCUT2D eigenvalue weighted by molar-refractivity contribution is 9.10. The van der Waals surface area contributed by atoms with Gasteiger partial charge in [-0.2, -0.15) is 0 Å². The van der Waals surface area contributed by atoms with Crippen LogP contribution in [0.15, 0.2) is 16.7 Å². The quantitative estimate of drug-likeness (QED) is 0.669. The Balaban J connectivity index is 2.00. The van der Waals surface area contributed by atoms with Gasteiger partial charge in [-0.3, -0.25) is 10.1 Å². The highest BCUT2D eigenvalue weighted by atomic mass is 79.9. The lowest BCUT2D eigenvalue weighted by molar-refractivity contribution is -0.385. The van der Waals surface area contributed by atoms with Crippen LogP contribution in [0.5, 0.6) is 0 Å². The third-order valence-electron chi connectivity index (χ3n) is 2.94. The summed E-state index contributed by atoms with van der Waals surface area (Å²) in [5, 5.41) is 13.9. The molecule has 1 heterocycles. The average molecular weight is 300 g/mol. The van der Waals surface area contributed by atoms with E-state index in [9.17, 15) is 10.1 Å². The van der Waals surface area contributed by atoms with E-state index in [0.29, 0.717) is 16.3 Å². The first kappa shape index (κ1) is 12.3. The van der Waals surface area contributed by atoms with Crippen molar-refractivity contribution < 1.29 is 4.92 Å². The van der Waals surface area contributed by atoms with Crippen LogP contribution in [0.1, 0.15) is 26.2 Å². The van der Waals surface area contributed by atoms with Gasteiger partial charge in [-0.15, -0.1) is 0 Å². The van der Waals surface area contributed by atoms with Crippen molar-refractivity contribution in [2.75, 3.05) is 5.32 Å². The van der Waals surface area contributed by atoms with Gasteiger partial charge in [0.1, 0.15) is 12.0 Å². The number of aromatic nitrogens is 1. The molecular formula is C11H14BrN3O2. The molecule has 6 heteroatoms. The van der Waals surface area contributed by atoms with Crippen LogP contribution >= 0.6 is 15.9 Å². The zero-order chi connectivity index (χ0) is 12.4. The summed E-state index contributed by atoms with van der Waals surface area (Å²) < 4.78 is 0.647. The SMILES string of the molecule is CCCC1CC1Nc1ncc([N+](=O)[O-])cc1Br. The molecule has 0 aliphatic heterocycles. The van der Waals surface area contributed by atoms with Crippen LogP contribution in [0, 0.1) is 16.0 Å². The molecule has 1 fully saturated rings. The van der Waals surface area contributed by atoms with Crippen LogP contribution in [0.4, 0.5) is 11.5 Å². The van der Waals surface area contributed by atoms with Crippen LogP contribution in [0.3, 0.4) is 0 Å². The van der Waals surface area contributed by atoms with Crippen molar-refractivity contribution in [3.05, 3.63) is 26.9 Å². The van der Waals surface area contributed by atoms with E-state index in [2.05, 4.69) is 33.2 Å². The maximum Gasteiger partial charge on any atom is 0.288 e. The fourth-order valence-electron chi connectivity index (χ4n) is 1.92. The first-order chi connectivity index (χ1) is 8.11. The number of nitrogens with one attached hydrogen (secondary N) is 1. The third kappa shape index (κ3) is 2.94. The second-order valence-corrected chi connectivity index (χ2v) is 5.17. The molecule has 1 saturated carbocycles. The lowest BCUT2D eigenvalue weighted by Crippen LogP contribution is -2.07. The number of pyridine rings is 1. The highest BCUT2D eigenvalue weighted by Gasteiger charge is 2.36. The topological polar surface area (TPSA) is 68.1 Å². The molecule has 0 spiro atoms. The van der Waals surface area contributed by atoms with E-state index in [1.54, 1.807) is 0 Å². The molecule has 0 saturated heterocycles. The van der Waals surface area contributed by atoms with Crippen molar-refractivity contribution in [2.45, 2.75) is 32.2 Å². The second kappa shape index (κ2) is 5.00. The molecule has 0 bridgehead atoms. The van der Waals surface area contributed by atoms with Crippen molar-refractivity contribution >= 4 is 27.4 Å². The Hall–Kier alpha value is -1.17. The van der Waals surface area contributed by atoms with Gasteiger partial charge in [0.25, 0.3) is 5.69 Å². The molecule has 2 rings (SSSR count). The van der Waals surface area contributed by atoms with Crippen LogP contribution in [-0.4, -0.2) is 15.9 Å². The van der Waals surface area contributed by atoms with Gasteiger partial charge >= 0.3 is 0 Å². The summed E-state index contributed by atoms with van der Waals surface area (Å²) in [6.45, 7) is 2.18. The molecule has 1 aliphatic carbocycles. The van der Waals surface area contributed by atoms with Crippen molar-refractivity contribution in [3.63, 3.8) is 0 Å². The fraction of sp³-hybridized carbons (Fsp3) is 0.545. The molecule has 17 heavy (non-hydrogen) atoms. The minimum atomic E-state index is -0.446. The Morgan fingerprint density at radius 2 is 2.47 bits per heavy atom. The molecule has 2 atom stereocenters. The fourth-order valence-corrected chi connectivity index (χ4v) is 2.38. The summed E-state index contributed by atoms with van der Waals surface area (Å²) in [5.41, 5.74) is 0.00308. The molecular weight excluding hydrogens is 286 g/mol. The van der Waals surface area contributed by atoms with Gasteiger partial charge in [0, 0.05) is 12.1 Å². The number of nitrogens with zero attached hydrogens (tertiary/aromatic N) is 2. The minimum absolute atomic E-state index is 0.00308. The van der Waals surface area contributed by atoms with Crippen LogP contribution in [0.2, 0.25) is 0 Å². The Labute approximate surface area is 108 Å². The maximum atomic E-state index is 10.6. The summed E-state index contributed by atoms with van der Waals surface area (Å²) in [7, 11) is 0. The lowest BCUT2D eigenvalue weighted by Gasteiger charge is -2.06. The summed E-state index contributed by atoms with van der Waals surface area (Å²) in [5.74, 6) is 1.42. The number of anilines is 1. The predicted octanol–water partition coefficient (Wildman–Crippen LogP) is 3.35. The van der Waals surface area contributed by atoms with Gasteiger partial charge in [0.15, 0.2) is 0 Å². The van der Waals surface area contributed by atoms with E-state index in [1.165, 1.54) is 31.5 Å². The van der Waals surface area contributed by atoms with E-state index in [0.717, 1.165) is 5.92 Å². The number of hydrogen-bond acceptors (Lipinski definition) is 4. The van der Waals surface area contributed by atoms with E-state index in [4.69, 9.17) is 0 Å². The van der Waals surface area contributed by atoms with E-state index < -0.39 is 4.92 Å². The number of hydrogen-bond donors (Lipinski definition) is 1. The molecule has 0 amide bonds. The van der Waals surface area contributed by atoms with Crippen LogP contribution in [-0.2, 0) is 0 Å². The molecule has 1 aromatic rings. The summed E-state index contributed by atoms with van der Waals surface area (Å²) in [6, 6.07) is 1.95. The Bertz CT molecular complexity index is 439. The molecule has 1 N–H and O–H groups in total. The summed E-state index contributed by atoms with van der Waals surface area (Å²) in [4.78, 5) is 14.2. The minimum Gasteiger partial charge on any atom is -0.366 e. The molecule has 2 unspecified atom stereocenters. The van der Waals surface area contributed by atoms with E-state index >= 15 is 0 Å². The van der Waals surface area contributed by atoms with Crippen molar-refractivity contribution in [1.29, 1.82) is 0 Å². The Kier molecular flexibility index (Phi) is 3.61. The lowest BCUT2D eigenvalue weighted by atomic mass is 10.2. The monoisotopic (exact) mass is 299 g/mol. The van der Waals surface area contributed by atoms with Crippen molar-refractivity contribution in [3.8, 4) is 0 Å². The maximum absolute atomic E-state index is 10.6. The van der Waals surface area contributed by atoms with Crippen LogP contribution < -0.4 is 5.32 Å². The number of nitro groups is 1. The molecule has 1 aromatic heterocycles. The zero-order valence-electron chi connectivity index (χ0n) is 9.52. The second-order valence-electron chi connectivity index (χ2n) is 4.32. The molecule has 0 radical (unpaired) electrons. The van der Waals surface area contributed by atoms with Crippen LogP contribution in [0.25, 0.3) is 0 Å². The molecule has 5 nitrogen and oxygen atoms in total. The van der Waals surface area contributed by atoms with Gasteiger partial charge in [-0.05, 0) is 34.7 Å². The van der Waals surface area contributed by atoms with E-state index in [1.807, 2.05) is 0 Å². The summed E-state index contributed by atoms with van der Waals surface area (Å²) in [6.07, 6.45) is 4.86. The van der Waals surface area contributed by atoms with E-state index in [-0.39, 0.29) is 5.69 Å². The number of halogens is 1.